The van der Waals surface area contributed by atoms with E-state index >= 15 is 0 Å². The molecule has 3 N–H and O–H groups in total. The van der Waals surface area contributed by atoms with Crippen molar-refractivity contribution < 1.29 is 19.8 Å². The van der Waals surface area contributed by atoms with Gasteiger partial charge in [-0.15, -0.1) is 0 Å². The van der Waals surface area contributed by atoms with Crippen LogP contribution in [0.1, 0.15) is 31.2 Å². The van der Waals surface area contributed by atoms with E-state index < -0.39 is 5.97 Å². The summed E-state index contributed by atoms with van der Waals surface area (Å²) in [5.41, 5.74) is 0.220. The minimum Gasteiger partial charge on any atom is -0.481 e. The number of amides is 1. The minimum atomic E-state index is -0.891. The smallest absolute Gasteiger partial charge is 0.303 e. The summed E-state index contributed by atoms with van der Waals surface area (Å²) >= 11 is 0. The van der Waals surface area contributed by atoms with Gasteiger partial charge in [-0.3, -0.25) is 9.59 Å². The lowest BCUT2D eigenvalue weighted by molar-refractivity contribution is -0.137. The molecule has 0 radical (unpaired) electrons. The normalized spacial score (nSPS) is 10.0. The minimum absolute atomic E-state index is 0.0270. The number of aliphatic hydroxyl groups excluding tert-OH is 1. The van der Waals surface area contributed by atoms with E-state index in [1.807, 2.05) is 6.07 Å². The van der Waals surface area contributed by atoms with Crippen LogP contribution in [0.15, 0.2) is 6.20 Å². The van der Waals surface area contributed by atoms with Gasteiger partial charge in [-0.1, -0.05) is 0 Å². The monoisotopic (exact) mass is 280 g/mol. The maximum Gasteiger partial charge on any atom is 0.303 e. The number of rotatable bonds is 8. The third-order valence-electron chi connectivity index (χ3n) is 2.57. The van der Waals surface area contributed by atoms with Gasteiger partial charge >= 0.3 is 5.97 Å². The summed E-state index contributed by atoms with van der Waals surface area (Å²) in [4.78, 5) is 22.0. The molecule has 1 aromatic heterocycles. The fourth-order valence-corrected chi connectivity index (χ4v) is 1.62. The number of aliphatic hydroxyl groups is 1. The van der Waals surface area contributed by atoms with Crippen molar-refractivity contribution in [3.05, 3.63) is 11.8 Å². The average molecular weight is 280 g/mol. The highest BCUT2D eigenvalue weighted by Gasteiger charge is 2.13. The van der Waals surface area contributed by atoms with E-state index in [-0.39, 0.29) is 43.3 Å². The zero-order valence-corrected chi connectivity index (χ0v) is 10.9. The third-order valence-corrected chi connectivity index (χ3v) is 2.57. The van der Waals surface area contributed by atoms with Crippen molar-refractivity contribution in [2.75, 3.05) is 11.9 Å². The Balaban J connectivity index is 2.54. The van der Waals surface area contributed by atoms with Crippen molar-refractivity contribution in [1.29, 1.82) is 5.26 Å². The Hall–Kier alpha value is -2.40. The molecule has 108 valence electrons. The standard InChI is InChI=1S/C12H16N4O4/c13-7-9-8-14-16(5-6-17)12(9)15-10(18)3-1-2-4-11(19)20/h8,17H,1-6H2,(H,15,18)(H,19,20). The summed E-state index contributed by atoms with van der Waals surface area (Å²) in [5.74, 6) is -0.949. The number of unbranched alkanes of at least 4 members (excludes halogenated alkanes) is 1. The van der Waals surface area contributed by atoms with E-state index in [1.165, 1.54) is 10.9 Å². The van der Waals surface area contributed by atoms with Gasteiger partial charge in [-0.05, 0) is 12.8 Å². The molecule has 20 heavy (non-hydrogen) atoms. The molecule has 1 aromatic rings. The van der Waals surface area contributed by atoms with Gasteiger partial charge in [0.15, 0.2) is 0 Å². The molecule has 1 rings (SSSR count). The van der Waals surface area contributed by atoms with E-state index in [0.717, 1.165) is 0 Å². The first-order valence-corrected chi connectivity index (χ1v) is 6.17. The highest BCUT2D eigenvalue weighted by molar-refractivity contribution is 5.91. The van der Waals surface area contributed by atoms with Gasteiger partial charge in [0.05, 0.1) is 19.3 Å². The van der Waals surface area contributed by atoms with Crippen LogP contribution in [0.2, 0.25) is 0 Å². The maximum atomic E-state index is 11.7. The molecule has 0 aliphatic carbocycles. The summed E-state index contributed by atoms with van der Waals surface area (Å²) in [7, 11) is 0. The van der Waals surface area contributed by atoms with Crippen LogP contribution in [0.3, 0.4) is 0 Å². The van der Waals surface area contributed by atoms with Crippen LogP contribution in [0.5, 0.6) is 0 Å². The predicted octanol–water partition coefficient (Wildman–Crippen LogP) is 0.331. The van der Waals surface area contributed by atoms with E-state index in [1.54, 1.807) is 0 Å². The van der Waals surface area contributed by atoms with Crippen molar-refractivity contribution in [3.63, 3.8) is 0 Å². The maximum absolute atomic E-state index is 11.7. The lowest BCUT2D eigenvalue weighted by Gasteiger charge is -2.08. The molecule has 0 atom stereocenters. The number of aromatic nitrogens is 2. The molecule has 0 spiro atoms. The molecule has 0 fully saturated rings. The number of hydrogen-bond acceptors (Lipinski definition) is 5. The predicted molar refractivity (Wildman–Crippen MR) is 68.8 cm³/mol. The molecule has 0 unspecified atom stereocenters. The molecular weight excluding hydrogens is 264 g/mol. The number of carbonyl (C=O) groups is 2. The number of carboxylic acids is 1. The highest BCUT2D eigenvalue weighted by Crippen LogP contribution is 2.14. The average Bonchev–Trinajstić information content (AvgIpc) is 2.77. The second kappa shape index (κ2) is 7.91. The number of hydrogen-bond donors (Lipinski definition) is 3. The number of nitrogens with one attached hydrogen (secondary N) is 1. The topological polar surface area (TPSA) is 128 Å². The summed E-state index contributed by atoms with van der Waals surface area (Å²) in [6.07, 6.45) is 2.38. The summed E-state index contributed by atoms with van der Waals surface area (Å²) in [5, 5.41) is 32.7. The van der Waals surface area contributed by atoms with Gasteiger partial charge in [0.1, 0.15) is 17.5 Å². The van der Waals surface area contributed by atoms with Gasteiger partial charge in [0.25, 0.3) is 0 Å². The Kier molecular flexibility index (Phi) is 6.19. The van der Waals surface area contributed by atoms with E-state index in [4.69, 9.17) is 15.5 Å². The first kappa shape index (κ1) is 15.7. The molecule has 0 aliphatic rings. The molecule has 1 amide bonds. The van der Waals surface area contributed by atoms with Crippen molar-refractivity contribution in [3.8, 4) is 6.07 Å². The van der Waals surface area contributed by atoms with Gasteiger partial charge in [0.2, 0.25) is 5.91 Å². The van der Waals surface area contributed by atoms with Crippen LogP contribution < -0.4 is 5.32 Å². The molecule has 0 aliphatic heterocycles. The van der Waals surface area contributed by atoms with Crippen LogP contribution >= 0.6 is 0 Å². The number of aliphatic carboxylic acids is 1. The lowest BCUT2D eigenvalue weighted by atomic mass is 10.2. The molecular formula is C12H16N4O4. The number of anilines is 1. The number of nitrogens with zero attached hydrogens (tertiary/aromatic N) is 3. The summed E-state index contributed by atoms with van der Waals surface area (Å²) in [6.45, 7) is 0.0182. The van der Waals surface area contributed by atoms with Crippen molar-refractivity contribution >= 4 is 17.7 Å². The SMILES string of the molecule is N#Cc1cnn(CCO)c1NC(=O)CCCCC(=O)O. The second-order valence-corrected chi connectivity index (χ2v) is 4.11. The molecule has 0 bridgehead atoms. The second-order valence-electron chi connectivity index (χ2n) is 4.11. The summed E-state index contributed by atoms with van der Waals surface area (Å²) in [6, 6.07) is 1.90. The van der Waals surface area contributed by atoms with Crippen LogP contribution in [-0.2, 0) is 16.1 Å². The van der Waals surface area contributed by atoms with Crippen LogP contribution in [0, 0.1) is 11.3 Å². The molecule has 8 heteroatoms. The van der Waals surface area contributed by atoms with E-state index in [9.17, 15) is 9.59 Å². The van der Waals surface area contributed by atoms with Gasteiger partial charge in [-0.2, -0.15) is 10.4 Å². The number of nitriles is 1. The number of carbonyl (C=O) groups excluding carboxylic acids is 1. The Morgan fingerprint density at radius 3 is 2.70 bits per heavy atom. The summed E-state index contributed by atoms with van der Waals surface area (Å²) < 4.78 is 1.34. The highest BCUT2D eigenvalue weighted by atomic mass is 16.4. The van der Waals surface area contributed by atoms with Crippen LogP contribution in [-0.4, -0.2) is 38.5 Å². The Bertz CT molecular complexity index is 518. The number of carboxylic acid groups (broad SMARTS) is 1. The zero-order valence-electron chi connectivity index (χ0n) is 10.9. The lowest BCUT2D eigenvalue weighted by Crippen LogP contribution is -2.17. The van der Waals surface area contributed by atoms with Gasteiger partial charge in [0, 0.05) is 12.8 Å². The van der Waals surface area contributed by atoms with Crippen LogP contribution in [0.4, 0.5) is 5.82 Å². The molecule has 0 saturated heterocycles. The largest absolute Gasteiger partial charge is 0.481 e. The Morgan fingerprint density at radius 2 is 2.10 bits per heavy atom. The van der Waals surface area contributed by atoms with Gasteiger partial charge in [-0.25, -0.2) is 4.68 Å². The molecule has 1 heterocycles. The third kappa shape index (κ3) is 4.70. The fourth-order valence-electron chi connectivity index (χ4n) is 1.62. The zero-order chi connectivity index (χ0) is 15.0. The fraction of sp³-hybridized carbons (Fsp3) is 0.500. The quantitative estimate of drug-likeness (QED) is 0.589. The first-order valence-electron chi connectivity index (χ1n) is 6.17. The van der Waals surface area contributed by atoms with Crippen molar-refractivity contribution in [1.82, 2.24) is 9.78 Å². The van der Waals surface area contributed by atoms with E-state index in [0.29, 0.717) is 12.8 Å². The van der Waals surface area contributed by atoms with Crippen LogP contribution in [0.25, 0.3) is 0 Å². The molecule has 0 saturated carbocycles. The Labute approximate surface area is 115 Å². The first-order chi connectivity index (χ1) is 9.58. The van der Waals surface area contributed by atoms with Gasteiger partial charge < -0.3 is 15.5 Å². The van der Waals surface area contributed by atoms with Crippen molar-refractivity contribution in [2.45, 2.75) is 32.2 Å². The van der Waals surface area contributed by atoms with Crippen molar-refractivity contribution in [2.24, 2.45) is 0 Å². The Morgan fingerprint density at radius 1 is 1.40 bits per heavy atom. The molecule has 8 nitrogen and oxygen atoms in total. The molecule has 0 aromatic carbocycles. The van der Waals surface area contributed by atoms with E-state index in [2.05, 4.69) is 10.4 Å².